The van der Waals surface area contributed by atoms with Crippen LogP contribution in [0.1, 0.15) is 29.7 Å². The zero-order valence-corrected chi connectivity index (χ0v) is 12.3. The lowest BCUT2D eigenvalue weighted by atomic mass is 10.2. The maximum absolute atomic E-state index is 13.6. The Hall–Kier alpha value is -1.65. The minimum absolute atomic E-state index is 0.155. The largest absolute Gasteiger partial charge is 0.468 e. The normalized spacial score (nSPS) is 14.8. The van der Waals surface area contributed by atoms with Crippen LogP contribution in [0.2, 0.25) is 0 Å². The van der Waals surface area contributed by atoms with Gasteiger partial charge in [0.1, 0.15) is 11.6 Å². The standard InChI is InChI=1S/C17H21FN2O/c1-20(10-14-4-2-3-5-17(14)18)11-16-8-13(12-21-16)9-19-15-6-7-15/h2-5,8,12,15,19H,6-7,9-11H2,1H3. The van der Waals surface area contributed by atoms with Gasteiger partial charge in [-0.3, -0.25) is 4.90 Å². The van der Waals surface area contributed by atoms with Crippen LogP contribution < -0.4 is 5.32 Å². The van der Waals surface area contributed by atoms with Crippen molar-refractivity contribution in [3.8, 4) is 0 Å². The molecule has 1 heterocycles. The molecule has 0 spiro atoms. The molecule has 0 atom stereocenters. The molecule has 3 rings (SSSR count). The molecule has 1 aromatic carbocycles. The zero-order chi connectivity index (χ0) is 14.7. The summed E-state index contributed by atoms with van der Waals surface area (Å²) in [5.41, 5.74) is 1.89. The van der Waals surface area contributed by atoms with Gasteiger partial charge in [0.25, 0.3) is 0 Å². The number of nitrogens with zero attached hydrogens (tertiary/aromatic N) is 1. The van der Waals surface area contributed by atoms with E-state index in [4.69, 9.17) is 4.42 Å². The van der Waals surface area contributed by atoms with Crippen LogP contribution in [-0.2, 0) is 19.6 Å². The van der Waals surface area contributed by atoms with E-state index in [0.717, 1.165) is 12.3 Å². The van der Waals surface area contributed by atoms with E-state index in [2.05, 4.69) is 16.3 Å². The predicted octanol–water partition coefficient (Wildman–Crippen LogP) is 3.30. The maximum Gasteiger partial charge on any atom is 0.127 e. The van der Waals surface area contributed by atoms with Crippen molar-refractivity contribution in [2.45, 2.75) is 38.5 Å². The average Bonchev–Trinajstić information content (AvgIpc) is 3.19. The number of rotatable bonds is 7. The Bertz CT molecular complexity index is 592. The van der Waals surface area contributed by atoms with Crippen LogP contribution >= 0.6 is 0 Å². The van der Waals surface area contributed by atoms with Crippen molar-refractivity contribution in [3.05, 3.63) is 59.3 Å². The molecule has 1 saturated carbocycles. The predicted molar refractivity (Wildman–Crippen MR) is 80.1 cm³/mol. The van der Waals surface area contributed by atoms with Gasteiger partial charge in [-0.05, 0) is 32.0 Å². The topological polar surface area (TPSA) is 28.4 Å². The van der Waals surface area contributed by atoms with E-state index in [-0.39, 0.29) is 5.82 Å². The summed E-state index contributed by atoms with van der Waals surface area (Å²) in [5, 5.41) is 3.46. The molecule has 1 N–H and O–H groups in total. The first-order chi connectivity index (χ1) is 10.2. The number of furan rings is 1. The minimum atomic E-state index is -0.155. The maximum atomic E-state index is 13.6. The Morgan fingerprint density at radius 3 is 2.86 bits per heavy atom. The number of hydrogen-bond donors (Lipinski definition) is 1. The summed E-state index contributed by atoms with van der Waals surface area (Å²) in [6.07, 6.45) is 4.38. The Kier molecular flexibility index (Phi) is 4.36. The van der Waals surface area contributed by atoms with Crippen LogP contribution in [0.5, 0.6) is 0 Å². The molecule has 3 nitrogen and oxygen atoms in total. The Morgan fingerprint density at radius 2 is 2.10 bits per heavy atom. The molecule has 1 fully saturated rings. The van der Waals surface area contributed by atoms with Gasteiger partial charge in [-0.1, -0.05) is 18.2 Å². The Balaban J connectivity index is 1.52. The molecule has 1 aromatic heterocycles. The molecule has 0 amide bonds. The monoisotopic (exact) mass is 288 g/mol. The van der Waals surface area contributed by atoms with Gasteiger partial charge in [0.2, 0.25) is 0 Å². The van der Waals surface area contributed by atoms with Gasteiger partial charge in [-0.25, -0.2) is 4.39 Å². The quantitative estimate of drug-likeness (QED) is 0.847. The van der Waals surface area contributed by atoms with E-state index in [1.807, 2.05) is 25.4 Å². The van der Waals surface area contributed by atoms with E-state index in [0.29, 0.717) is 24.7 Å². The highest BCUT2D eigenvalue weighted by atomic mass is 19.1. The van der Waals surface area contributed by atoms with E-state index < -0.39 is 0 Å². The van der Waals surface area contributed by atoms with E-state index in [9.17, 15) is 4.39 Å². The first-order valence-corrected chi connectivity index (χ1v) is 7.42. The van der Waals surface area contributed by atoms with Crippen molar-refractivity contribution in [1.82, 2.24) is 10.2 Å². The summed E-state index contributed by atoms with van der Waals surface area (Å²) >= 11 is 0. The molecule has 112 valence electrons. The number of halogens is 1. The van der Waals surface area contributed by atoms with Gasteiger partial charge >= 0.3 is 0 Å². The fraction of sp³-hybridized carbons (Fsp3) is 0.412. The number of nitrogens with one attached hydrogen (secondary N) is 1. The van der Waals surface area contributed by atoms with Crippen molar-refractivity contribution >= 4 is 0 Å². The smallest absolute Gasteiger partial charge is 0.127 e. The van der Waals surface area contributed by atoms with E-state index in [1.54, 1.807) is 6.07 Å². The molecule has 1 aliphatic carbocycles. The van der Waals surface area contributed by atoms with Crippen molar-refractivity contribution in [3.63, 3.8) is 0 Å². The molecule has 0 saturated heterocycles. The van der Waals surface area contributed by atoms with Gasteiger partial charge < -0.3 is 9.73 Å². The lowest BCUT2D eigenvalue weighted by molar-refractivity contribution is 0.284. The molecule has 2 aromatic rings. The zero-order valence-electron chi connectivity index (χ0n) is 12.3. The van der Waals surface area contributed by atoms with Gasteiger partial charge in [-0.15, -0.1) is 0 Å². The fourth-order valence-corrected chi connectivity index (χ4v) is 2.39. The highest BCUT2D eigenvalue weighted by molar-refractivity contribution is 5.17. The summed E-state index contributed by atoms with van der Waals surface area (Å²) in [5.74, 6) is 0.763. The summed E-state index contributed by atoms with van der Waals surface area (Å²) in [4.78, 5) is 2.05. The Morgan fingerprint density at radius 1 is 1.29 bits per heavy atom. The first kappa shape index (κ1) is 14.3. The third kappa shape index (κ3) is 4.16. The molecule has 0 radical (unpaired) electrons. The molecule has 0 aliphatic heterocycles. The fourth-order valence-electron chi connectivity index (χ4n) is 2.39. The Labute approximate surface area is 124 Å². The first-order valence-electron chi connectivity index (χ1n) is 7.42. The van der Waals surface area contributed by atoms with Crippen molar-refractivity contribution in [1.29, 1.82) is 0 Å². The lowest BCUT2D eigenvalue weighted by Gasteiger charge is -2.15. The van der Waals surface area contributed by atoms with Crippen LogP contribution in [0.15, 0.2) is 41.0 Å². The van der Waals surface area contributed by atoms with Crippen LogP contribution in [0.4, 0.5) is 4.39 Å². The molecule has 0 bridgehead atoms. The molecular formula is C17H21FN2O. The van der Waals surface area contributed by atoms with Crippen LogP contribution in [0, 0.1) is 5.82 Å². The lowest BCUT2D eigenvalue weighted by Crippen LogP contribution is -2.17. The third-order valence-electron chi connectivity index (χ3n) is 3.70. The second kappa shape index (κ2) is 6.41. The van der Waals surface area contributed by atoms with E-state index in [1.165, 1.54) is 24.5 Å². The molecule has 0 unspecified atom stereocenters. The summed E-state index contributed by atoms with van der Waals surface area (Å²) in [6, 6.07) is 9.67. The van der Waals surface area contributed by atoms with Crippen LogP contribution in [0.3, 0.4) is 0 Å². The second-order valence-electron chi connectivity index (χ2n) is 5.84. The molecule has 21 heavy (non-hydrogen) atoms. The van der Waals surface area contributed by atoms with Gasteiger partial charge in [0.05, 0.1) is 12.8 Å². The highest BCUT2D eigenvalue weighted by Gasteiger charge is 2.20. The van der Waals surface area contributed by atoms with E-state index >= 15 is 0 Å². The number of hydrogen-bond acceptors (Lipinski definition) is 3. The minimum Gasteiger partial charge on any atom is -0.468 e. The van der Waals surface area contributed by atoms with Crippen molar-refractivity contribution in [2.75, 3.05) is 7.05 Å². The summed E-state index contributed by atoms with van der Waals surface area (Å²) < 4.78 is 19.2. The third-order valence-corrected chi connectivity index (χ3v) is 3.70. The average molecular weight is 288 g/mol. The number of benzene rings is 1. The van der Waals surface area contributed by atoms with Crippen molar-refractivity contribution in [2.24, 2.45) is 0 Å². The van der Waals surface area contributed by atoms with Gasteiger partial charge in [0, 0.05) is 30.3 Å². The highest BCUT2D eigenvalue weighted by Crippen LogP contribution is 2.20. The van der Waals surface area contributed by atoms with Crippen LogP contribution in [0.25, 0.3) is 0 Å². The molecule has 4 heteroatoms. The molecule has 1 aliphatic rings. The van der Waals surface area contributed by atoms with Gasteiger partial charge in [-0.2, -0.15) is 0 Å². The van der Waals surface area contributed by atoms with Crippen LogP contribution in [-0.4, -0.2) is 18.0 Å². The van der Waals surface area contributed by atoms with Gasteiger partial charge in [0.15, 0.2) is 0 Å². The molecular weight excluding hydrogens is 267 g/mol. The van der Waals surface area contributed by atoms with Crippen molar-refractivity contribution < 1.29 is 8.81 Å². The SMILES string of the molecule is CN(Cc1cc(CNC2CC2)co1)Cc1ccccc1F. The second-order valence-corrected chi connectivity index (χ2v) is 5.84. The summed E-state index contributed by atoms with van der Waals surface area (Å²) in [6.45, 7) is 2.12. The summed E-state index contributed by atoms with van der Waals surface area (Å²) in [7, 11) is 1.97.